The highest BCUT2D eigenvalue weighted by Crippen LogP contribution is 2.36. The van der Waals surface area contributed by atoms with Crippen molar-refractivity contribution < 1.29 is 5.11 Å². The molecule has 0 spiro atoms. The quantitative estimate of drug-likeness (QED) is 0.902. The number of aromatic nitrogens is 4. The molecule has 2 aliphatic rings. The average Bonchev–Trinajstić information content (AvgIpc) is 3.16. The zero-order chi connectivity index (χ0) is 15.2. The average molecular weight is 299 g/mol. The number of anilines is 1. The van der Waals surface area contributed by atoms with Crippen LogP contribution in [0.15, 0.2) is 18.6 Å². The highest BCUT2D eigenvalue weighted by molar-refractivity contribution is 5.51. The van der Waals surface area contributed by atoms with E-state index in [-0.39, 0.29) is 0 Å². The first kappa shape index (κ1) is 13.7. The lowest BCUT2D eigenvalue weighted by molar-refractivity contribution is 0.00400. The first-order valence-electron chi connectivity index (χ1n) is 7.96. The second kappa shape index (κ2) is 5.05. The van der Waals surface area contributed by atoms with Crippen LogP contribution in [0.2, 0.25) is 0 Å². The summed E-state index contributed by atoms with van der Waals surface area (Å²) >= 11 is 0. The predicted octanol–water partition coefficient (Wildman–Crippen LogP) is 1.19. The summed E-state index contributed by atoms with van der Waals surface area (Å²) in [5.41, 5.74) is 2.64. The fraction of sp³-hybridized carbons (Fsp3) is 0.562. The summed E-state index contributed by atoms with van der Waals surface area (Å²) in [7, 11) is 1.89. The van der Waals surface area contributed by atoms with Gasteiger partial charge in [0.1, 0.15) is 17.7 Å². The van der Waals surface area contributed by atoms with E-state index in [4.69, 9.17) is 0 Å². The van der Waals surface area contributed by atoms with E-state index < -0.39 is 5.60 Å². The molecule has 1 N–H and O–H groups in total. The summed E-state index contributed by atoms with van der Waals surface area (Å²) in [5, 5.41) is 15.1. The lowest BCUT2D eigenvalue weighted by Crippen LogP contribution is -2.44. The maximum Gasteiger partial charge on any atom is 0.135 e. The van der Waals surface area contributed by atoms with Crippen LogP contribution >= 0.6 is 0 Å². The van der Waals surface area contributed by atoms with E-state index in [0.29, 0.717) is 12.8 Å². The Morgan fingerprint density at radius 1 is 1.18 bits per heavy atom. The van der Waals surface area contributed by atoms with E-state index in [1.165, 1.54) is 17.7 Å². The van der Waals surface area contributed by atoms with E-state index in [1.54, 1.807) is 17.2 Å². The Morgan fingerprint density at radius 2 is 2.00 bits per heavy atom. The molecule has 2 aromatic rings. The predicted molar refractivity (Wildman–Crippen MR) is 82.6 cm³/mol. The van der Waals surface area contributed by atoms with Gasteiger partial charge < -0.3 is 10.0 Å². The lowest BCUT2D eigenvalue weighted by atomic mass is 9.88. The van der Waals surface area contributed by atoms with Gasteiger partial charge in [-0.25, -0.2) is 9.97 Å². The molecule has 1 aliphatic heterocycles. The topological polar surface area (TPSA) is 67.1 Å². The second-order valence-corrected chi connectivity index (χ2v) is 6.33. The van der Waals surface area contributed by atoms with Crippen LogP contribution in [0.25, 0.3) is 0 Å². The number of hydrogen-bond acceptors (Lipinski definition) is 5. The first-order chi connectivity index (χ1) is 10.7. The number of rotatable bonds is 2. The highest BCUT2D eigenvalue weighted by atomic mass is 16.3. The van der Waals surface area contributed by atoms with Crippen LogP contribution in [0.1, 0.15) is 36.2 Å². The molecule has 1 saturated heterocycles. The van der Waals surface area contributed by atoms with Crippen LogP contribution in [0.4, 0.5) is 5.82 Å². The minimum atomic E-state index is -0.780. The molecule has 1 aliphatic carbocycles. The minimum Gasteiger partial charge on any atom is -0.383 e. The van der Waals surface area contributed by atoms with Crippen molar-refractivity contribution in [3.8, 4) is 0 Å². The molecule has 0 amide bonds. The van der Waals surface area contributed by atoms with Crippen LogP contribution in [0.5, 0.6) is 0 Å². The number of aliphatic hydroxyl groups is 1. The van der Waals surface area contributed by atoms with Crippen LogP contribution in [-0.4, -0.2) is 37.9 Å². The van der Waals surface area contributed by atoms with Gasteiger partial charge in [0.15, 0.2) is 0 Å². The summed E-state index contributed by atoms with van der Waals surface area (Å²) in [6.45, 7) is 1.62. The summed E-state index contributed by atoms with van der Waals surface area (Å²) in [4.78, 5) is 11.2. The molecule has 6 nitrogen and oxygen atoms in total. The SMILES string of the molecule is Cn1nccc1C1(O)CCN(c2ncnc3c2CCC3)CC1. The molecular weight excluding hydrogens is 278 g/mol. The monoisotopic (exact) mass is 299 g/mol. The van der Waals surface area contributed by atoms with E-state index in [2.05, 4.69) is 20.0 Å². The van der Waals surface area contributed by atoms with Crippen LogP contribution < -0.4 is 4.90 Å². The summed E-state index contributed by atoms with van der Waals surface area (Å²) in [6, 6.07) is 1.91. The Bertz CT molecular complexity index is 688. The fourth-order valence-electron chi connectivity index (χ4n) is 3.79. The van der Waals surface area contributed by atoms with Gasteiger partial charge in [-0.05, 0) is 38.2 Å². The van der Waals surface area contributed by atoms with Crippen molar-refractivity contribution in [3.63, 3.8) is 0 Å². The Hall–Kier alpha value is -1.95. The molecule has 6 heteroatoms. The van der Waals surface area contributed by atoms with Gasteiger partial charge in [-0.15, -0.1) is 0 Å². The molecule has 0 aromatic carbocycles. The van der Waals surface area contributed by atoms with E-state index in [0.717, 1.165) is 37.4 Å². The third kappa shape index (κ3) is 2.09. The van der Waals surface area contributed by atoms with Crippen LogP contribution in [-0.2, 0) is 25.5 Å². The molecule has 22 heavy (non-hydrogen) atoms. The zero-order valence-corrected chi connectivity index (χ0v) is 12.9. The Balaban J connectivity index is 1.56. The molecule has 0 atom stereocenters. The van der Waals surface area contributed by atoms with Crippen molar-refractivity contribution in [2.45, 2.75) is 37.7 Å². The van der Waals surface area contributed by atoms with Gasteiger partial charge in [0.05, 0.1) is 5.69 Å². The molecule has 0 saturated carbocycles. The normalized spacial score (nSPS) is 20.2. The van der Waals surface area contributed by atoms with Crippen LogP contribution in [0, 0.1) is 0 Å². The Kier molecular flexibility index (Phi) is 3.14. The summed E-state index contributed by atoms with van der Waals surface area (Å²) in [6.07, 6.45) is 8.15. The summed E-state index contributed by atoms with van der Waals surface area (Å²) < 4.78 is 1.78. The lowest BCUT2D eigenvalue weighted by Gasteiger charge is -2.39. The van der Waals surface area contributed by atoms with Crippen molar-refractivity contribution in [2.75, 3.05) is 18.0 Å². The van der Waals surface area contributed by atoms with E-state index >= 15 is 0 Å². The van der Waals surface area contributed by atoms with Crippen molar-refractivity contribution in [1.29, 1.82) is 0 Å². The van der Waals surface area contributed by atoms with Crippen LogP contribution in [0.3, 0.4) is 0 Å². The van der Waals surface area contributed by atoms with Gasteiger partial charge in [-0.1, -0.05) is 0 Å². The number of aryl methyl sites for hydroxylation is 2. The molecular formula is C16H21N5O. The molecule has 4 rings (SSSR count). The molecule has 0 unspecified atom stereocenters. The molecule has 0 radical (unpaired) electrons. The minimum absolute atomic E-state index is 0.700. The van der Waals surface area contributed by atoms with Gasteiger partial charge in [0.2, 0.25) is 0 Å². The van der Waals surface area contributed by atoms with Gasteiger partial charge in [0.25, 0.3) is 0 Å². The van der Waals surface area contributed by atoms with E-state index in [9.17, 15) is 5.11 Å². The third-order valence-electron chi connectivity index (χ3n) is 5.04. The van der Waals surface area contributed by atoms with Gasteiger partial charge in [-0.3, -0.25) is 4.68 Å². The number of fused-ring (bicyclic) bond motifs is 1. The van der Waals surface area contributed by atoms with Gasteiger partial charge in [-0.2, -0.15) is 5.10 Å². The maximum absolute atomic E-state index is 11.0. The summed E-state index contributed by atoms with van der Waals surface area (Å²) in [5.74, 6) is 1.08. The molecule has 0 bridgehead atoms. The zero-order valence-electron chi connectivity index (χ0n) is 12.9. The molecule has 2 aromatic heterocycles. The van der Waals surface area contributed by atoms with Crippen molar-refractivity contribution in [2.24, 2.45) is 7.05 Å². The maximum atomic E-state index is 11.0. The van der Waals surface area contributed by atoms with Gasteiger partial charge >= 0.3 is 0 Å². The Labute approximate surface area is 129 Å². The number of piperidine rings is 1. The Morgan fingerprint density at radius 3 is 2.73 bits per heavy atom. The smallest absolute Gasteiger partial charge is 0.135 e. The second-order valence-electron chi connectivity index (χ2n) is 6.33. The molecule has 3 heterocycles. The third-order valence-corrected chi connectivity index (χ3v) is 5.04. The number of hydrogen-bond donors (Lipinski definition) is 1. The fourth-order valence-corrected chi connectivity index (χ4v) is 3.79. The number of nitrogens with zero attached hydrogens (tertiary/aromatic N) is 5. The largest absolute Gasteiger partial charge is 0.383 e. The molecule has 116 valence electrons. The molecule has 1 fully saturated rings. The van der Waals surface area contributed by atoms with E-state index in [1.807, 2.05) is 13.1 Å². The van der Waals surface area contributed by atoms with Gasteiger partial charge in [0, 0.05) is 37.6 Å². The van der Waals surface area contributed by atoms with Crippen molar-refractivity contribution in [1.82, 2.24) is 19.7 Å². The highest BCUT2D eigenvalue weighted by Gasteiger charge is 2.37. The van der Waals surface area contributed by atoms with Crippen molar-refractivity contribution >= 4 is 5.82 Å². The first-order valence-corrected chi connectivity index (χ1v) is 7.96. The standard InChI is InChI=1S/C16H21N5O/c1-20-14(5-8-19-20)16(22)6-9-21(10-7-16)15-12-3-2-4-13(12)17-11-18-15/h5,8,11,22H,2-4,6-7,9-10H2,1H3. The van der Waals surface area contributed by atoms with Crippen molar-refractivity contribution in [3.05, 3.63) is 35.5 Å².